The molecule has 0 spiro atoms. The van der Waals surface area contributed by atoms with E-state index in [0.717, 1.165) is 43.5 Å². The fraction of sp³-hybridized carbons (Fsp3) is 0.533. The molecule has 3 rings (SSSR count). The molecular weight excluding hydrogens is 238 g/mol. The van der Waals surface area contributed by atoms with Crippen LogP contribution >= 0.6 is 0 Å². The van der Waals surface area contributed by atoms with Crippen molar-refractivity contribution in [3.8, 4) is 0 Å². The summed E-state index contributed by atoms with van der Waals surface area (Å²) in [6.45, 7) is 3.84. The van der Waals surface area contributed by atoms with Crippen LogP contribution in [-0.2, 0) is 11.2 Å². The molecule has 0 unspecified atom stereocenters. The van der Waals surface area contributed by atoms with Gasteiger partial charge in [-0.25, -0.2) is 0 Å². The van der Waals surface area contributed by atoms with Gasteiger partial charge in [-0.2, -0.15) is 0 Å². The Hall–Kier alpha value is -1.55. The van der Waals surface area contributed by atoms with Crippen LogP contribution in [-0.4, -0.2) is 47.9 Å². The number of hydrogen-bond acceptors (Lipinski definition) is 3. The highest BCUT2D eigenvalue weighted by molar-refractivity contribution is 5.79. The fourth-order valence-electron chi connectivity index (χ4n) is 2.70. The van der Waals surface area contributed by atoms with Crippen LogP contribution in [0, 0.1) is 0 Å². The summed E-state index contributed by atoms with van der Waals surface area (Å²) in [6, 6.07) is 8.40. The highest BCUT2D eigenvalue weighted by atomic mass is 16.2. The van der Waals surface area contributed by atoms with Crippen molar-refractivity contribution in [3.63, 3.8) is 0 Å². The predicted octanol–water partition coefficient (Wildman–Crippen LogP) is 1.12. The number of hydrogen-bond donors (Lipinski definition) is 1. The third-order valence-corrected chi connectivity index (χ3v) is 4.07. The Morgan fingerprint density at radius 1 is 1.11 bits per heavy atom. The molecule has 2 aliphatic rings. The molecule has 19 heavy (non-hydrogen) atoms. The molecule has 4 nitrogen and oxygen atoms in total. The number of anilines is 1. The van der Waals surface area contributed by atoms with Gasteiger partial charge in [0, 0.05) is 37.9 Å². The number of nitrogens with zero attached hydrogens (tertiary/aromatic N) is 2. The Labute approximate surface area is 114 Å². The third kappa shape index (κ3) is 3.07. The van der Waals surface area contributed by atoms with Crippen molar-refractivity contribution < 1.29 is 4.79 Å². The maximum atomic E-state index is 12.2. The van der Waals surface area contributed by atoms with E-state index in [1.165, 1.54) is 12.8 Å². The highest BCUT2D eigenvalue weighted by Crippen LogP contribution is 2.27. The minimum atomic E-state index is 0.236. The predicted molar refractivity (Wildman–Crippen MR) is 75.7 cm³/mol. The molecule has 4 heteroatoms. The van der Waals surface area contributed by atoms with Gasteiger partial charge in [-0.05, 0) is 30.5 Å². The van der Waals surface area contributed by atoms with Crippen molar-refractivity contribution >= 4 is 11.6 Å². The van der Waals surface area contributed by atoms with E-state index in [1.807, 2.05) is 29.2 Å². The number of carbonyl (C=O) groups is 1. The SMILES string of the molecule is Nc1ccc(CC(=O)N2CCN(C3CC3)CC2)cc1. The van der Waals surface area contributed by atoms with Gasteiger partial charge < -0.3 is 10.6 Å². The second kappa shape index (κ2) is 5.21. The standard InChI is InChI=1S/C15H21N3O/c16-13-3-1-12(2-4-13)11-15(19)18-9-7-17(8-10-18)14-5-6-14/h1-4,14H,5-11,16H2. The normalized spacial score (nSPS) is 20.5. The molecule has 1 aromatic rings. The first-order valence-corrected chi connectivity index (χ1v) is 7.08. The molecule has 2 N–H and O–H groups in total. The van der Waals surface area contributed by atoms with Crippen LogP contribution in [0.25, 0.3) is 0 Å². The second-order valence-corrected chi connectivity index (χ2v) is 5.57. The lowest BCUT2D eigenvalue weighted by Crippen LogP contribution is -2.49. The smallest absolute Gasteiger partial charge is 0.227 e. The molecule has 0 aromatic heterocycles. The highest BCUT2D eigenvalue weighted by Gasteiger charge is 2.32. The van der Waals surface area contributed by atoms with Crippen molar-refractivity contribution in [1.82, 2.24) is 9.80 Å². The van der Waals surface area contributed by atoms with E-state index in [0.29, 0.717) is 6.42 Å². The Bertz CT molecular complexity index is 445. The minimum Gasteiger partial charge on any atom is -0.399 e. The van der Waals surface area contributed by atoms with Gasteiger partial charge in [-0.1, -0.05) is 12.1 Å². The topological polar surface area (TPSA) is 49.6 Å². The zero-order valence-corrected chi connectivity index (χ0v) is 11.2. The summed E-state index contributed by atoms with van der Waals surface area (Å²) in [5.74, 6) is 0.236. The van der Waals surface area contributed by atoms with E-state index >= 15 is 0 Å². The Kier molecular flexibility index (Phi) is 3.42. The summed E-state index contributed by atoms with van der Waals surface area (Å²) >= 11 is 0. The maximum absolute atomic E-state index is 12.2. The van der Waals surface area contributed by atoms with Gasteiger partial charge in [0.15, 0.2) is 0 Å². The molecule has 1 saturated carbocycles. The van der Waals surface area contributed by atoms with Crippen LogP contribution in [0.1, 0.15) is 18.4 Å². The second-order valence-electron chi connectivity index (χ2n) is 5.57. The monoisotopic (exact) mass is 259 g/mol. The molecular formula is C15H21N3O. The van der Waals surface area contributed by atoms with E-state index in [-0.39, 0.29) is 5.91 Å². The maximum Gasteiger partial charge on any atom is 0.227 e. The van der Waals surface area contributed by atoms with Crippen LogP contribution in [0.5, 0.6) is 0 Å². The van der Waals surface area contributed by atoms with Crippen LogP contribution in [0.15, 0.2) is 24.3 Å². The lowest BCUT2D eigenvalue weighted by atomic mass is 10.1. The molecule has 1 aliphatic carbocycles. The average Bonchev–Trinajstić information content (AvgIpc) is 3.26. The van der Waals surface area contributed by atoms with Crippen LogP contribution < -0.4 is 5.73 Å². The van der Waals surface area contributed by atoms with Gasteiger partial charge in [0.05, 0.1) is 6.42 Å². The number of amides is 1. The Balaban J connectivity index is 1.51. The van der Waals surface area contributed by atoms with Crippen molar-refractivity contribution in [1.29, 1.82) is 0 Å². The summed E-state index contributed by atoms with van der Waals surface area (Å²) in [6.07, 6.45) is 3.18. The van der Waals surface area contributed by atoms with Crippen molar-refractivity contribution in [3.05, 3.63) is 29.8 Å². The number of piperazine rings is 1. The molecule has 1 heterocycles. The van der Waals surface area contributed by atoms with Crippen molar-refractivity contribution in [2.75, 3.05) is 31.9 Å². The van der Waals surface area contributed by atoms with Gasteiger partial charge in [-0.15, -0.1) is 0 Å². The first kappa shape index (κ1) is 12.5. The molecule has 1 aromatic carbocycles. The quantitative estimate of drug-likeness (QED) is 0.828. The first-order valence-electron chi connectivity index (χ1n) is 7.08. The summed E-state index contributed by atoms with van der Waals surface area (Å²) < 4.78 is 0. The summed E-state index contributed by atoms with van der Waals surface area (Å²) in [7, 11) is 0. The fourth-order valence-corrected chi connectivity index (χ4v) is 2.70. The number of nitrogen functional groups attached to an aromatic ring is 1. The van der Waals surface area contributed by atoms with E-state index < -0.39 is 0 Å². The van der Waals surface area contributed by atoms with Crippen LogP contribution in [0.4, 0.5) is 5.69 Å². The van der Waals surface area contributed by atoms with Gasteiger partial charge in [0.25, 0.3) is 0 Å². The van der Waals surface area contributed by atoms with Crippen LogP contribution in [0.3, 0.4) is 0 Å². The van der Waals surface area contributed by atoms with E-state index in [4.69, 9.17) is 5.73 Å². The summed E-state index contributed by atoms with van der Waals surface area (Å²) in [5.41, 5.74) is 7.44. The zero-order chi connectivity index (χ0) is 13.2. The lowest BCUT2D eigenvalue weighted by Gasteiger charge is -2.34. The minimum absolute atomic E-state index is 0.236. The molecule has 0 bridgehead atoms. The molecule has 1 amide bonds. The van der Waals surface area contributed by atoms with Crippen molar-refractivity contribution in [2.45, 2.75) is 25.3 Å². The van der Waals surface area contributed by atoms with Crippen LogP contribution in [0.2, 0.25) is 0 Å². The lowest BCUT2D eigenvalue weighted by molar-refractivity contribution is -0.132. The van der Waals surface area contributed by atoms with Gasteiger partial charge >= 0.3 is 0 Å². The molecule has 1 aliphatic heterocycles. The Morgan fingerprint density at radius 3 is 2.32 bits per heavy atom. The zero-order valence-electron chi connectivity index (χ0n) is 11.2. The first-order chi connectivity index (χ1) is 9.22. The van der Waals surface area contributed by atoms with Gasteiger partial charge in [0.2, 0.25) is 5.91 Å². The Morgan fingerprint density at radius 2 is 1.74 bits per heavy atom. The van der Waals surface area contributed by atoms with Crippen molar-refractivity contribution in [2.24, 2.45) is 0 Å². The third-order valence-electron chi connectivity index (χ3n) is 4.07. The van der Waals surface area contributed by atoms with Gasteiger partial charge in [0.1, 0.15) is 0 Å². The number of benzene rings is 1. The summed E-state index contributed by atoms with van der Waals surface area (Å²) in [5, 5.41) is 0. The van der Waals surface area contributed by atoms with E-state index in [9.17, 15) is 4.79 Å². The van der Waals surface area contributed by atoms with E-state index in [2.05, 4.69) is 4.90 Å². The average molecular weight is 259 g/mol. The largest absolute Gasteiger partial charge is 0.399 e. The molecule has 2 fully saturated rings. The number of nitrogens with two attached hydrogens (primary N) is 1. The molecule has 0 atom stereocenters. The van der Waals surface area contributed by atoms with E-state index in [1.54, 1.807) is 0 Å². The number of carbonyl (C=O) groups excluding carboxylic acids is 1. The molecule has 1 saturated heterocycles. The number of rotatable bonds is 3. The summed E-state index contributed by atoms with van der Waals surface area (Å²) in [4.78, 5) is 16.7. The van der Waals surface area contributed by atoms with Gasteiger partial charge in [-0.3, -0.25) is 9.69 Å². The molecule has 0 radical (unpaired) electrons. The molecule has 102 valence electrons.